The summed E-state index contributed by atoms with van der Waals surface area (Å²) in [5.41, 5.74) is 8.14. The summed E-state index contributed by atoms with van der Waals surface area (Å²) in [6.45, 7) is 0. The van der Waals surface area contributed by atoms with Crippen LogP contribution in [0.15, 0.2) is 30.9 Å². The first kappa shape index (κ1) is 14.0. The molecule has 0 amide bonds. The second kappa shape index (κ2) is 5.30. The van der Waals surface area contributed by atoms with Gasteiger partial charge in [0, 0.05) is 36.9 Å². The molecule has 0 spiro atoms. The van der Waals surface area contributed by atoms with Crippen molar-refractivity contribution in [1.82, 2.24) is 19.9 Å². The molecule has 0 aliphatic heterocycles. The first-order valence-electron chi connectivity index (χ1n) is 5.81. The number of pyridine rings is 1. The Balaban J connectivity index is 0.00000147. The number of nitrogen functional groups attached to an aromatic ring is 1. The van der Waals surface area contributed by atoms with Crippen LogP contribution in [0.1, 0.15) is 0 Å². The van der Waals surface area contributed by atoms with Crippen LogP contribution in [0.2, 0.25) is 0 Å². The van der Waals surface area contributed by atoms with Gasteiger partial charge >= 0.3 is 11.8 Å². The Morgan fingerprint density at radius 1 is 1.20 bits per heavy atom. The molecule has 7 nitrogen and oxygen atoms in total. The number of anilines is 2. The zero-order valence-electron chi connectivity index (χ0n) is 11.1. The average Bonchev–Trinajstić information content (AvgIpc) is 2.85. The van der Waals surface area contributed by atoms with E-state index in [0.717, 1.165) is 5.69 Å². The van der Waals surface area contributed by atoms with Gasteiger partial charge in [-0.1, -0.05) is 0 Å². The van der Waals surface area contributed by atoms with Gasteiger partial charge in [0.05, 0.1) is 18.7 Å². The Morgan fingerprint density at radius 2 is 1.90 bits per heavy atom. The quantitative estimate of drug-likeness (QED) is 0.501. The first-order chi connectivity index (χ1) is 9.15. The van der Waals surface area contributed by atoms with Crippen LogP contribution < -0.4 is 27.6 Å². The van der Waals surface area contributed by atoms with Crippen LogP contribution in [-0.4, -0.2) is 34.0 Å². The van der Waals surface area contributed by atoms with Crippen LogP contribution in [0.5, 0.6) is 0 Å². The minimum atomic E-state index is 0. The number of nitrogens with two attached hydrogens (primary N) is 1. The Hall–Kier alpha value is -2.41. The molecule has 0 bridgehead atoms. The molecule has 3 aromatic heterocycles. The van der Waals surface area contributed by atoms with Crippen LogP contribution in [0.3, 0.4) is 0 Å². The highest BCUT2D eigenvalue weighted by Gasteiger charge is 2.18. The average molecular weight is 292 g/mol. The highest BCUT2D eigenvalue weighted by molar-refractivity contribution is 5.76. The van der Waals surface area contributed by atoms with Crippen molar-refractivity contribution in [3.05, 3.63) is 30.9 Å². The number of nitrogens with zero attached hydrogens (tertiary/aromatic N) is 5. The van der Waals surface area contributed by atoms with E-state index in [-0.39, 0.29) is 18.4 Å². The van der Waals surface area contributed by atoms with E-state index >= 15 is 0 Å². The van der Waals surface area contributed by atoms with Gasteiger partial charge in [-0.25, -0.2) is 9.55 Å². The van der Waals surface area contributed by atoms with Gasteiger partial charge < -0.3 is 28.0 Å². The van der Waals surface area contributed by atoms with Crippen LogP contribution in [0, 0.1) is 0 Å². The number of imidazole rings is 1. The summed E-state index contributed by atoms with van der Waals surface area (Å²) in [5.74, 6) is 0.880. The Bertz CT molecular complexity index is 720. The van der Waals surface area contributed by atoms with Crippen molar-refractivity contribution in [3.8, 4) is 5.82 Å². The van der Waals surface area contributed by atoms with Gasteiger partial charge in [-0.2, -0.15) is 4.98 Å². The smallest absolute Gasteiger partial charge is 0.361 e. The normalized spacial score (nSPS) is 10.3. The third-order valence-electron chi connectivity index (χ3n) is 2.85. The third-order valence-corrected chi connectivity index (χ3v) is 2.85. The van der Waals surface area contributed by atoms with E-state index in [1.807, 2.05) is 48.1 Å². The second-order valence-electron chi connectivity index (χ2n) is 4.36. The second-order valence-corrected chi connectivity index (χ2v) is 4.36. The predicted molar refractivity (Wildman–Crippen MR) is 72.0 cm³/mol. The summed E-state index contributed by atoms with van der Waals surface area (Å²) in [6, 6.07) is 3.99. The van der Waals surface area contributed by atoms with E-state index in [4.69, 9.17) is 5.73 Å². The first-order valence-corrected chi connectivity index (χ1v) is 5.81. The molecule has 104 valence electrons. The van der Waals surface area contributed by atoms with Crippen molar-refractivity contribution in [2.24, 2.45) is 0 Å². The van der Waals surface area contributed by atoms with Gasteiger partial charge in [0.2, 0.25) is 5.52 Å². The maximum atomic E-state index is 5.71. The fraction of sp³-hybridized carbons (Fsp3) is 0.167. The SMILES string of the molecule is CN(C)c1cc[n+](-c2nc(N)nc3[nH]cnc23)cc1.[Cl-]. The monoisotopic (exact) mass is 291 g/mol. The molecule has 0 unspecified atom stereocenters. The molecule has 0 saturated carbocycles. The van der Waals surface area contributed by atoms with Gasteiger partial charge in [0.25, 0.3) is 0 Å². The van der Waals surface area contributed by atoms with Crippen LogP contribution >= 0.6 is 0 Å². The number of hydrogen-bond donors (Lipinski definition) is 2. The summed E-state index contributed by atoms with van der Waals surface area (Å²) >= 11 is 0. The van der Waals surface area contributed by atoms with E-state index in [0.29, 0.717) is 17.0 Å². The number of aromatic amines is 1. The topological polar surface area (TPSA) is 87.6 Å². The number of nitrogens with one attached hydrogen (secondary N) is 1. The van der Waals surface area contributed by atoms with Crippen LogP contribution in [-0.2, 0) is 0 Å². The van der Waals surface area contributed by atoms with Gasteiger partial charge in [0.15, 0.2) is 5.65 Å². The van der Waals surface area contributed by atoms with Crippen molar-refractivity contribution in [1.29, 1.82) is 0 Å². The number of halogens is 1. The number of aromatic nitrogens is 5. The Labute approximate surface area is 121 Å². The molecule has 0 atom stereocenters. The number of H-pyrrole nitrogens is 1. The molecule has 0 aliphatic carbocycles. The summed E-state index contributed by atoms with van der Waals surface area (Å²) in [7, 11) is 3.99. The third kappa shape index (κ3) is 2.35. The van der Waals surface area contributed by atoms with Gasteiger partial charge in [-0.05, 0) is 0 Å². The molecule has 3 heterocycles. The highest BCUT2D eigenvalue weighted by atomic mass is 35.5. The van der Waals surface area contributed by atoms with Crippen LogP contribution in [0.25, 0.3) is 17.0 Å². The highest BCUT2D eigenvalue weighted by Crippen LogP contribution is 2.13. The lowest BCUT2D eigenvalue weighted by Crippen LogP contribution is -3.00. The van der Waals surface area contributed by atoms with Crippen molar-refractivity contribution >= 4 is 22.8 Å². The molecule has 3 aromatic rings. The number of rotatable bonds is 2. The van der Waals surface area contributed by atoms with Crippen molar-refractivity contribution in [2.75, 3.05) is 24.7 Å². The maximum Gasteiger partial charge on any atom is 0.361 e. The minimum absolute atomic E-state index is 0. The molecule has 0 saturated heterocycles. The molecule has 20 heavy (non-hydrogen) atoms. The molecule has 0 aliphatic rings. The van der Waals surface area contributed by atoms with Crippen LogP contribution in [0.4, 0.5) is 11.6 Å². The lowest BCUT2D eigenvalue weighted by molar-refractivity contribution is -0.597. The lowest BCUT2D eigenvalue weighted by atomic mass is 10.3. The molecular weight excluding hydrogens is 278 g/mol. The fourth-order valence-corrected chi connectivity index (χ4v) is 1.88. The number of hydrogen-bond acceptors (Lipinski definition) is 5. The molecule has 3 rings (SSSR count). The Morgan fingerprint density at radius 3 is 2.55 bits per heavy atom. The summed E-state index contributed by atoms with van der Waals surface area (Å²) < 4.78 is 1.87. The summed E-state index contributed by atoms with van der Waals surface area (Å²) in [6.07, 6.45) is 5.42. The zero-order chi connectivity index (χ0) is 13.4. The lowest BCUT2D eigenvalue weighted by Gasteiger charge is -2.11. The zero-order valence-corrected chi connectivity index (χ0v) is 11.8. The molecule has 8 heteroatoms. The van der Waals surface area contributed by atoms with Gasteiger partial charge in [-0.3, -0.25) is 0 Å². The maximum absolute atomic E-state index is 5.71. The predicted octanol–water partition coefficient (Wildman–Crippen LogP) is -2.72. The minimum Gasteiger partial charge on any atom is -1.00 e. The molecule has 3 N–H and O–H groups in total. The van der Waals surface area contributed by atoms with E-state index < -0.39 is 0 Å². The van der Waals surface area contributed by atoms with Crippen molar-refractivity contribution in [2.45, 2.75) is 0 Å². The summed E-state index contributed by atoms with van der Waals surface area (Å²) in [4.78, 5) is 17.5. The molecular formula is C12H14ClN7. The van der Waals surface area contributed by atoms with Crippen molar-refractivity contribution < 1.29 is 17.0 Å². The van der Waals surface area contributed by atoms with Gasteiger partial charge in [0.1, 0.15) is 0 Å². The largest absolute Gasteiger partial charge is 1.00 e. The number of fused-ring (bicyclic) bond motifs is 1. The Kier molecular flexibility index (Phi) is 3.71. The standard InChI is InChI=1S/C12H14N7.ClH/c1-18(2)8-3-5-19(6-4-8)11-9-10(15-7-14-9)16-12(13)17-11;/h3-7H,1-2H3,(H3,13,14,15,16,17);1H/q+1;/p-1. The van der Waals surface area contributed by atoms with Gasteiger partial charge in [-0.15, -0.1) is 0 Å². The summed E-state index contributed by atoms with van der Waals surface area (Å²) in [5, 5.41) is 0. The van der Waals surface area contributed by atoms with E-state index in [1.165, 1.54) is 0 Å². The fourth-order valence-electron chi connectivity index (χ4n) is 1.88. The van der Waals surface area contributed by atoms with E-state index in [2.05, 4.69) is 19.9 Å². The van der Waals surface area contributed by atoms with E-state index in [9.17, 15) is 0 Å². The molecule has 0 aromatic carbocycles. The molecule has 0 fully saturated rings. The van der Waals surface area contributed by atoms with Crippen molar-refractivity contribution in [3.63, 3.8) is 0 Å². The molecule has 0 radical (unpaired) electrons. The van der Waals surface area contributed by atoms with E-state index in [1.54, 1.807) is 6.33 Å².